The van der Waals surface area contributed by atoms with E-state index < -0.39 is 0 Å². The van der Waals surface area contributed by atoms with Gasteiger partial charge in [-0.2, -0.15) is 11.8 Å². The molecule has 5 nitrogen and oxygen atoms in total. The van der Waals surface area contributed by atoms with E-state index in [1.54, 1.807) is 0 Å². The zero-order valence-corrected chi connectivity index (χ0v) is 18.1. The van der Waals surface area contributed by atoms with Gasteiger partial charge in [-0.3, -0.25) is 0 Å². The Labute approximate surface area is 172 Å². The number of aliphatic imine (C=N–C) groups is 1. The van der Waals surface area contributed by atoms with Crippen LogP contribution in [0.3, 0.4) is 0 Å². The lowest BCUT2D eigenvalue weighted by molar-refractivity contribution is 0.312. The number of hydrogen-bond donors (Lipinski definition) is 2. The first kappa shape index (κ1) is 20.6. The first-order valence-electron chi connectivity index (χ1n) is 10.0. The van der Waals surface area contributed by atoms with Gasteiger partial charge in [-0.25, -0.2) is 4.99 Å². The summed E-state index contributed by atoms with van der Waals surface area (Å²) in [5, 5.41) is 8.39. The maximum Gasteiger partial charge on any atom is 0.191 e. The van der Waals surface area contributed by atoms with Crippen molar-refractivity contribution >= 4 is 35.0 Å². The second-order valence-corrected chi connectivity index (χ2v) is 9.05. The van der Waals surface area contributed by atoms with Crippen LogP contribution in [0.4, 0.5) is 5.69 Å². The highest BCUT2D eigenvalue weighted by molar-refractivity contribution is 8.00. The number of nitrogens with one attached hydrogen (secondary N) is 2. The lowest BCUT2D eigenvalue weighted by Crippen LogP contribution is -2.44. The summed E-state index contributed by atoms with van der Waals surface area (Å²) in [5.74, 6) is 2.17. The lowest BCUT2D eigenvalue weighted by Gasteiger charge is -2.35. The van der Waals surface area contributed by atoms with Gasteiger partial charge in [0.25, 0.3) is 0 Å². The SMILES string of the molecule is CCNC(=NCc1c(Cl)cccc1N1CCN(C)CC1)NCC1CCCS1. The van der Waals surface area contributed by atoms with Gasteiger partial charge in [0.1, 0.15) is 0 Å². The van der Waals surface area contributed by atoms with E-state index in [9.17, 15) is 0 Å². The molecule has 2 heterocycles. The van der Waals surface area contributed by atoms with Crippen molar-refractivity contribution in [1.29, 1.82) is 0 Å². The number of benzene rings is 1. The lowest BCUT2D eigenvalue weighted by atomic mass is 10.1. The summed E-state index contributed by atoms with van der Waals surface area (Å²) in [6.07, 6.45) is 2.63. The summed E-state index contributed by atoms with van der Waals surface area (Å²) in [4.78, 5) is 9.64. The number of anilines is 1. The van der Waals surface area contributed by atoms with Crippen LogP contribution in [0.1, 0.15) is 25.3 Å². The Bertz CT molecular complexity index is 625. The molecule has 1 aromatic rings. The van der Waals surface area contributed by atoms with Crippen molar-refractivity contribution in [3.05, 3.63) is 28.8 Å². The van der Waals surface area contributed by atoms with Crippen LogP contribution in [0.25, 0.3) is 0 Å². The normalized spacial score (nSPS) is 21.5. The second-order valence-electron chi connectivity index (χ2n) is 7.24. The third kappa shape index (κ3) is 5.93. The summed E-state index contributed by atoms with van der Waals surface area (Å²) < 4.78 is 0. The maximum atomic E-state index is 6.57. The molecular weight excluding hydrogens is 378 g/mol. The third-order valence-corrected chi connectivity index (χ3v) is 6.95. The molecule has 0 bridgehead atoms. The number of nitrogens with zero attached hydrogens (tertiary/aromatic N) is 3. The zero-order chi connectivity index (χ0) is 19.1. The monoisotopic (exact) mass is 409 g/mol. The van der Waals surface area contributed by atoms with E-state index >= 15 is 0 Å². The molecule has 1 aromatic carbocycles. The number of guanidine groups is 1. The zero-order valence-electron chi connectivity index (χ0n) is 16.5. The fourth-order valence-electron chi connectivity index (χ4n) is 3.56. The van der Waals surface area contributed by atoms with Gasteiger partial charge >= 0.3 is 0 Å². The topological polar surface area (TPSA) is 42.9 Å². The molecule has 2 fully saturated rings. The van der Waals surface area contributed by atoms with Crippen molar-refractivity contribution in [2.45, 2.75) is 31.6 Å². The molecule has 150 valence electrons. The smallest absolute Gasteiger partial charge is 0.191 e. The molecule has 0 aromatic heterocycles. The van der Waals surface area contributed by atoms with E-state index in [1.807, 2.05) is 12.1 Å². The van der Waals surface area contributed by atoms with Crippen LogP contribution in [-0.2, 0) is 6.54 Å². The van der Waals surface area contributed by atoms with Gasteiger partial charge in [0.05, 0.1) is 6.54 Å². The summed E-state index contributed by atoms with van der Waals surface area (Å²) >= 11 is 8.63. The highest BCUT2D eigenvalue weighted by Crippen LogP contribution is 2.29. The van der Waals surface area contributed by atoms with Crippen LogP contribution < -0.4 is 15.5 Å². The number of likely N-dealkylation sites (N-methyl/N-ethyl adjacent to an activating group) is 1. The van der Waals surface area contributed by atoms with E-state index in [1.165, 1.54) is 24.3 Å². The predicted octanol–water partition coefficient (Wildman–Crippen LogP) is 3.04. The summed E-state index contributed by atoms with van der Waals surface area (Å²) in [5.41, 5.74) is 2.35. The number of halogens is 1. The van der Waals surface area contributed by atoms with E-state index in [0.717, 1.165) is 55.8 Å². The van der Waals surface area contributed by atoms with Crippen LogP contribution in [-0.4, -0.2) is 68.2 Å². The minimum Gasteiger partial charge on any atom is -0.369 e. The van der Waals surface area contributed by atoms with E-state index in [0.29, 0.717) is 11.8 Å². The molecule has 2 aliphatic heterocycles. The number of thioether (sulfide) groups is 1. The van der Waals surface area contributed by atoms with E-state index in [2.05, 4.69) is 52.2 Å². The molecule has 1 atom stereocenters. The molecular formula is C20H32ClN5S. The molecule has 1 unspecified atom stereocenters. The minimum atomic E-state index is 0.592. The van der Waals surface area contributed by atoms with Gasteiger partial charge in [0.2, 0.25) is 0 Å². The fraction of sp³-hybridized carbons (Fsp3) is 0.650. The van der Waals surface area contributed by atoms with Gasteiger partial charge in [0, 0.05) is 60.8 Å². The van der Waals surface area contributed by atoms with E-state index in [-0.39, 0.29) is 0 Å². The van der Waals surface area contributed by atoms with Gasteiger partial charge < -0.3 is 20.4 Å². The Balaban J connectivity index is 1.69. The maximum absolute atomic E-state index is 6.57. The first-order valence-corrected chi connectivity index (χ1v) is 11.4. The average molecular weight is 410 g/mol. The van der Waals surface area contributed by atoms with Gasteiger partial charge in [-0.05, 0) is 44.7 Å². The minimum absolute atomic E-state index is 0.592. The van der Waals surface area contributed by atoms with Crippen LogP contribution >= 0.6 is 23.4 Å². The summed E-state index contributed by atoms with van der Waals surface area (Å²) in [6.45, 7) is 8.76. The predicted molar refractivity (Wildman–Crippen MR) is 119 cm³/mol. The van der Waals surface area contributed by atoms with Gasteiger partial charge in [0.15, 0.2) is 5.96 Å². The quantitative estimate of drug-likeness (QED) is 0.558. The summed E-state index contributed by atoms with van der Waals surface area (Å²) in [7, 11) is 2.18. The van der Waals surface area contributed by atoms with Crippen molar-refractivity contribution in [3.8, 4) is 0 Å². The Hall–Kier alpha value is -1.11. The molecule has 2 aliphatic rings. The number of hydrogen-bond acceptors (Lipinski definition) is 4. The molecule has 0 aliphatic carbocycles. The molecule has 0 saturated carbocycles. The van der Waals surface area contributed by atoms with Crippen molar-refractivity contribution < 1.29 is 0 Å². The van der Waals surface area contributed by atoms with Crippen LogP contribution in [0.15, 0.2) is 23.2 Å². The second kappa shape index (κ2) is 10.4. The molecule has 27 heavy (non-hydrogen) atoms. The fourth-order valence-corrected chi connectivity index (χ4v) is 4.99. The molecule has 0 radical (unpaired) electrons. The number of rotatable bonds is 6. The molecule has 2 saturated heterocycles. The Morgan fingerprint density at radius 1 is 1.26 bits per heavy atom. The van der Waals surface area contributed by atoms with Crippen LogP contribution in [0, 0.1) is 0 Å². The molecule has 7 heteroatoms. The number of piperazine rings is 1. The average Bonchev–Trinajstić information content (AvgIpc) is 3.19. The van der Waals surface area contributed by atoms with Gasteiger partial charge in [-0.15, -0.1) is 0 Å². The van der Waals surface area contributed by atoms with Crippen LogP contribution in [0.5, 0.6) is 0 Å². The van der Waals surface area contributed by atoms with Crippen LogP contribution in [0.2, 0.25) is 5.02 Å². The Morgan fingerprint density at radius 3 is 2.78 bits per heavy atom. The van der Waals surface area contributed by atoms with Crippen molar-refractivity contribution in [2.24, 2.45) is 4.99 Å². The van der Waals surface area contributed by atoms with Gasteiger partial charge in [-0.1, -0.05) is 17.7 Å². The highest BCUT2D eigenvalue weighted by atomic mass is 35.5. The highest BCUT2D eigenvalue weighted by Gasteiger charge is 2.19. The molecule has 0 amide bonds. The standard InChI is InChI=1S/C20H32ClN5S/c1-3-22-20(23-14-16-6-5-13-27-16)24-15-17-18(21)7-4-8-19(17)26-11-9-25(2)10-12-26/h4,7-8,16H,3,5-6,9-15H2,1-2H3,(H2,22,23,24). The van der Waals surface area contributed by atoms with Crippen molar-refractivity contribution in [2.75, 3.05) is 57.0 Å². The first-order chi connectivity index (χ1) is 13.2. The largest absolute Gasteiger partial charge is 0.369 e. The third-order valence-electron chi connectivity index (χ3n) is 5.20. The van der Waals surface area contributed by atoms with E-state index in [4.69, 9.17) is 16.6 Å². The molecule has 2 N–H and O–H groups in total. The molecule has 3 rings (SSSR count). The molecule has 0 spiro atoms. The summed E-state index contributed by atoms with van der Waals surface area (Å²) in [6, 6.07) is 6.20. The van der Waals surface area contributed by atoms with Crippen molar-refractivity contribution in [3.63, 3.8) is 0 Å². The Kier molecular flexibility index (Phi) is 7.97. The Morgan fingerprint density at radius 2 is 2.07 bits per heavy atom. The van der Waals surface area contributed by atoms with Crippen molar-refractivity contribution in [1.82, 2.24) is 15.5 Å².